The standard InChI is InChI=1S/C29H30N8O/c1-34-14-16-36(17-15-34)18-20-5-8-22(9-6-20)37-28(23-4-3-13-31-27(23)30)33-25-11-10-24(32-29(25)37)21-7-12-26(38)35(2)19-21/h3-13,19H,14-18H2,1-2H3,(H2,30,31). The molecule has 1 aliphatic heterocycles. The second-order valence-corrected chi connectivity index (χ2v) is 9.86. The van der Waals surface area contributed by atoms with Crippen molar-refractivity contribution in [2.75, 3.05) is 39.0 Å². The molecule has 192 valence electrons. The first-order valence-electron chi connectivity index (χ1n) is 12.7. The molecule has 2 N–H and O–H groups in total. The number of likely N-dealkylation sites (N-methyl/N-ethyl adjacent to an activating group) is 1. The van der Waals surface area contributed by atoms with Crippen LogP contribution in [0.3, 0.4) is 0 Å². The van der Waals surface area contributed by atoms with Gasteiger partial charge in [-0.15, -0.1) is 0 Å². The number of rotatable bonds is 5. The molecule has 4 aromatic heterocycles. The number of aromatic nitrogens is 5. The molecule has 0 radical (unpaired) electrons. The van der Waals surface area contributed by atoms with Gasteiger partial charge in [0.2, 0.25) is 5.56 Å². The highest BCUT2D eigenvalue weighted by molar-refractivity contribution is 5.84. The predicted molar refractivity (Wildman–Crippen MR) is 150 cm³/mol. The fourth-order valence-corrected chi connectivity index (χ4v) is 4.91. The number of aryl methyl sites for hydroxylation is 1. The molecule has 0 aliphatic carbocycles. The van der Waals surface area contributed by atoms with Crippen LogP contribution in [0.4, 0.5) is 5.82 Å². The van der Waals surface area contributed by atoms with Gasteiger partial charge in [-0.3, -0.25) is 14.3 Å². The van der Waals surface area contributed by atoms with E-state index in [0.29, 0.717) is 17.3 Å². The van der Waals surface area contributed by atoms with Gasteiger partial charge in [0.1, 0.15) is 11.3 Å². The summed E-state index contributed by atoms with van der Waals surface area (Å²) in [6.07, 6.45) is 3.47. The monoisotopic (exact) mass is 506 g/mol. The van der Waals surface area contributed by atoms with E-state index in [1.807, 2.05) is 28.8 Å². The van der Waals surface area contributed by atoms with Crippen LogP contribution in [-0.4, -0.2) is 67.1 Å². The van der Waals surface area contributed by atoms with Crippen molar-refractivity contribution in [3.05, 3.63) is 89.0 Å². The molecule has 0 spiro atoms. The van der Waals surface area contributed by atoms with Crippen molar-refractivity contribution in [2.45, 2.75) is 6.54 Å². The summed E-state index contributed by atoms with van der Waals surface area (Å²) >= 11 is 0. The number of pyridine rings is 3. The summed E-state index contributed by atoms with van der Waals surface area (Å²) in [5, 5.41) is 0. The van der Waals surface area contributed by atoms with E-state index in [9.17, 15) is 4.79 Å². The number of benzene rings is 1. The van der Waals surface area contributed by atoms with Gasteiger partial charge in [-0.2, -0.15) is 0 Å². The van der Waals surface area contributed by atoms with E-state index in [-0.39, 0.29) is 5.56 Å². The smallest absolute Gasteiger partial charge is 0.250 e. The largest absolute Gasteiger partial charge is 0.383 e. The zero-order valence-electron chi connectivity index (χ0n) is 21.6. The summed E-state index contributed by atoms with van der Waals surface area (Å²) in [5.41, 5.74) is 12.2. The Morgan fingerprint density at radius 3 is 2.42 bits per heavy atom. The third-order valence-electron chi connectivity index (χ3n) is 7.16. The first kappa shape index (κ1) is 24.0. The molecule has 1 aliphatic rings. The van der Waals surface area contributed by atoms with Crippen molar-refractivity contribution in [3.8, 4) is 28.3 Å². The lowest BCUT2D eigenvalue weighted by atomic mass is 10.1. The number of nitrogens with zero attached hydrogens (tertiary/aromatic N) is 7. The summed E-state index contributed by atoms with van der Waals surface area (Å²) < 4.78 is 3.59. The van der Waals surface area contributed by atoms with Gasteiger partial charge in [-0.05, 0) is 55.1 Å². The van der Waals surface area contributed by atoms with Crippen LogP contribution in [0, 0.1) is 0 Å². The molecule has 0 atom stereocenters. The first-order chi connectivity index (χ1) is 18.5. The van der Waals surface area contributed by atoms with E-state index in [1.54, 1.807) is 36.1 Å². The maximum atomic E-state index is 11.9. The summed E-state index contributed by atoms with van der Waals surface area (Å²) in [5.74, 6) is 1.09. The van der Waals surface area contributed by atoms with Crippen LogP contribution in [0.25, 0.3) is 39.5 Å². The van der Waals surface area contributed by atoms with E-state index in [2.05, 4.69) is 46.1 Å². The van der Waals surface area contributed by atoms with Crippen LogP contribution in [0.5, 0.6) is 0 Å². The maximum absolute atomic E-state index is 11.9. The van der Waals surface area contributed by atoms with Crippen molar-refractivity contribution in [3.63, 3.8) is 0 Å². The van der Waals surface area contributed by atoms with E-state index >= 15 is 0 Å². The van der Waals surface area contributed by atoms with Gasteiger partial charge in [0.25, 0.3) is 0 Å². The molecule has 9 nitrogen and oxygen atoms in total. The SMILES string of the molecule is CN1CCN(Cc2ccc(-n3c(-c4cccnc4N)nc4ccc(-c5ccc(=O)n(C)c5)nc43)cc2)CC1. The highest BCUT2D eigenvalue weighted by atomic mass is 16.1. The minimum atomic E-state index is -0.0640. The molecule has 0 saturated carbocycles. The third-order valence-corrected chi connectivity index (χ3v) is 7.16. The van der Waals surface area contributed by atoms with Gasteiger partial charge in [-0.25, -0.2) is 15.0 Å². The molecular formula is C29H30N8O. The molecule has 1 fully saturated rings. The second-order valence-electron chi connectivity index (χ2n) is 9.86. The molecular weight excluding hydrogens is 476 g/mol. The molecule has 5 aromatic rings. The van der Waals surface area contributed by atoms with Crippen molar-refractivity contribution in [1.82, 2.24) is 33.9 Å². The topological polar surface area (TPSA) is 98.1 Å². The third kappa shape index (κ3) is 4.57. The number of nitrogens with two attached hydrogens (primary N) is 1. The van der Waals surface area contributed by atoms with Crippen molar-refractivity contribution in [2.24, 2.45) is 7.05 Å². The molecule has 1 saturated heterocycles. The molecule has 0 unspecified atom stereocenters. The lowest BCUT2D eigenvalue weighted by molar-refractivity contribution is 0.148. The highest BCUT2D eigenvalue weighted by Gasteiger charge is 2.19. The summed E-state index contributed by atoms with van der Waals surface area (Å²) in [4.78, 5) is 31.0. The lowest BCUT2D eigenvalue weighted by Crippen LogP contribution is -2.43. The van der Waals surface area contributed by atoms with Crippen LogP contribution in [0.2, 0.25) is 0 Å². The molecule has 0 amide bonds. The van der Waals surface area contributed by atoms with E-state index in [1.165, 1.54) is 5.56 Å². The Morgan fingerprint density at radius 1 is 0.895 bits per heavy atom. The van der Waals surface area contributed by atoms with Crippen LogP contribution < -0.4 is 11.3 Å². The quantitative estimate of drug-likeness (QED) is 0.391. The zero-order valence-corrected chi connectivity index (χ0v) is 21.6. The van der Waals surface area contributed by atoms with Gasteiger partial charge in [0.05, 0.1) is 11.3 Å². The van der Waals surface area contributed by atoms with Gasteiger partial charge in [-0.1, -0.05) is 12.1 Å². The highest BCUT2D eigenvalue weighted by Crippen LogP contribution is 2.31. The average molecular weight is 507 g/mol. The van der Waals surface area contributed by atoms with E-state index < -0.39 is 0 Å². The number of hydrogen-bond donors (Lipinski definition) is 1. The lowest BCUT2D eigenvalue weighted by Gasteiger charge is -2.32. The van der Waals surface area contributed by atoms with Crippen LogP contribution in [-0.2, 0) is 13.6 Å². The Bertz CT molecular complexity index is 1660. The molecule has 38 heavy (non-hydrogen) atoms. The summed E-state index contributed by atoms with van der Waals surface area (Å²) in [6.45, 7) is 5.27. The minimum Gasteiger partial charge on any atom is -0.383 e. The number of imidazole rings is 1. The molecule has 1 aromatic carbocycles. The average Bonchev–Trinajstić information content (AvgIpc) is 3.31. The number of anilines is 1. The predicted octanol–water partition coefficient (Wildman–Crippen LogP) is 3.18. The van der Waals surface area contributed by atoms with Gasteiger partial charge < -0.3 is 15.2 Å². The first-order valence-corrected chi connectivity index (χ1v) is 12.7. The summed E-state index contributed by atoms with van der Waals surface area (Å²) in [7, 11) is 3.91. The molecule has 6 rings (SSSR count). The number of piperazine rings is 1. The Balaban J connectivity index is 1.45. The van der Waals surface area contributed by atoms with Gasteiger partial charge in [0, 0.05) is 69.5 Å². The number of hydrogen-bond acceptors (Lipinski definition) is 7. The van der Waals surface area contributed by atoms with E-state index in [0.717, 1.165) is 60.7 Å². The van der Waals surface area contributed by atoms with E-state index in [4.69, 9.17) is 15.7 Å². The Morgan fingerprint density at radius 2 is 1.68 bits per heavy atom. The Hall–Kier alpha value is -4.34. The molecule has 0 bridgehead atoms. The summed E-state index contributed by atoms with van der Waals surface area (Å²) in [6, 6.07) is 19.6. The van der Waals surface area contributed by atoms with Crippen LogP contribution in [0.15, 0.2) is 77.9 Å². The van der Waals surface area contributed by atoms with Crippen molar-refractivity contribution < 1.29 is 0 Å². The van der Waals surface area contributed by atoms with Gasteiger partial charge in [0.15, 0.2) is 11.5 Å². The van der Waals surface area contributed by atoms with Crippen LogP contribution >= 0.6 is 0 Å². The normalized spacial score (nSPS) is 14.8. The molecule has 5 heterocycles. The Labute approximate surface area is 220 Å². The minimum absolute atomic E-state index is 0.0640. The maximum Gasteiger partial charge on any atom is 0.250 e. The second kappa shape index (κ2) is 9.85. The zero-order chi connectivity index (χ0) is 26.2. The molecule has 9 heteroatoms. The number of fused-ring (bicyclic) bond motifs is 1. The van der Waals surface area contributed by atoms with Crippen molar-refractivity contribution in [1.29, 1.82) is 0 Å². The van der Waals surface area contributed by atoms with Crippen LogP contribution in [0.1, 0.15) is 5.56 Å². The fourth-order valence-electron chi connectivity index (χ4n) is 4.91. The van der Waals surface area contributed by atoms with Gasteiger partial charge >= 0.3 is 0 Å². The Kier molecular flexibility index (Phi) is 6.22. The number of nitrogen functional groups attached to an aromatic ring is 1. The fraction of sp³-hybridized carbons (Fsp3) is 0.241. The van der Waals surface area contributed by atoms with Crippen molar-refractivity contribution >= 4 is 17.0 Å².